The maximum Gasteiger partial charge on any atom is 0.0586 e. The van der Waals surface area contributed by atoms with Crippen LogP contribution in [0.25, 0.3) is 0 Å². The molecule has 4 aliphatic rings. The highest BCUT2D eigenvalue weighted by atomic mass is 32.2. The average Bonchev–Trinajstić information content (AvgIpc) is 2.48. The minimum atomic E-state index is -0.968. The fraction of sp³-hybridized carbons (Fsp3) is 0.400. The Labute approximate surface area is 136 Å². The van der Waals surface area contributed by atoms with Crippen molar-refractivity contribution in [3.63, 3.8) is 0 Å². The first-order chi connectivity index (χ1) is 10.4. The van der Waals surface area contributed by atoms with Gasteiger partial charge in [-0.15, -0.1) is 0 Å². The van der Waals surface area contributed by atoms with Crippen LogP contribution >= 0.6 is 0 Å². The summed E-state index contributed by atoms with van der Waals surface area (Å²) in [5.74, 6) is 0. The molecule has 1 atom stereocenters. The summed E-state index contributed by atoms with van der Waals surface area (Å²) in [6.45, 7) is 6.17. The molecule has 0 unspecified atom stereocenters. The normalized spacial score (nSPS) is 16.1. The van der Waals surface area contributed by atoms with Crippen LogP contribution < -0.4 is 0 Å². The van der Waals surface area contributed by atoms with Gasteiger partial charge in [0.2, 0.25) is 0 Å². The predicted octanol–water partition coefficient (Wildman–Crippen LogP) is 4.48. The summed E-state index contributed by atoms with van der Waals surface area (Å²) in [6, 6.07) is 15.6. The molecule has 0 aliphatic heterocycles. The first-order valence-corrected chi connectivity index (χ1v) is 9.20. The lowest BCUT2D eigenvalue weighted by Crippen LogP contribution is -2.23. The Morgan fingerprint density at radius 1 is 0.773 bits per heavy atom. The highest BCUT2D eigenvalue weighted by Crippen LogP contribution is 2.27. The van der Waals surface area contributed by atoms with E-state index in [-0.39, 0.29) is 4.75 Å². The van der Waals surface area contributed by atoms with Gasteiger partial charge in [0.15, 0.2) is 0 Å². The van der Waals surface area contributed by atoms with Gasteiger partial charge in [-0.2, -0.15) is 0 Å². The van der Waals surface area contributed by atoms with Crippen molar-refractivity contribution < 1.29 is 4.21 Å². The van der Waals surface area contributed by atoms with Crippen LogP contribution in [0.15, 0.2) is 47.4 Å². The second kappa shape index (κ2) is 6.00. The predicted molar refractivity (Wildman–Crippen MR) is 93.9 cm³/mol. The van der Waals surface area contributed by atoms with Crippen molar-refractivity contribution in [1.82, 2.24) is 0 Å². The van der Waals surface area contributed by atoms with Crippen LogP contribution in [0.1, 0.15) is 43.0 Å². The maximum atomic E-state index is 12.9. The zero-order valence-corrected chi connectivity index (χ0v) is 14.5. The van der Waals surface area contributed by atoms with Crippen LogP contribution in [0, 0.1) is 0 Å². The Kier molecular flexibility index (Phi) is 4.22. The van der Waals surface area contributed by atoms with Gasteiger partial charge in [0.1, 0.15) is 0 Å². The van der Waals surface area contributed by atoms with Gasteiger partial charge in [-0.1, -0.05) is 36.4 Å². The third-order valence-corrected chi connectivity index (χ3v) is 6.19. The van der Waals surface area contributed by atoms with Gasteiger partial charge in [-0.05, 0) is 74.8 Å². The molecule has 0 saturated carbocycles. The molecule has 2 heteroatoms. The molecule has 0 spiro atoms. The van der Waals surface area contributed by atoms with Gasteiger partial charge in [-0.25, -0.2) is 0 Å². The van der Waals surface area contributed by atoms with Crippen LogP contribution in [0.2, 0.25) is 0 Å². The molecule has 0 fully saturated rings. The van der Waals surface area contributed by atoms with Gasteiger partial charge in [0.25, 0.3) is 0 Å². The van der Waals surface area contributed by atoms with E-state index >= 15 is 0 Å². The van der Waals surface area contributed by atoms with Gasteiger partial charge in [-0.3, -0.25) is 4.21 Å². The fourth-order valence-corrected chi connectivity index (χ4v) is 4.23. The number of rotatable bonds is 1. The molecule has 2 aromatic carbocycles. The molecule has 0 N–H and O–H groups in total. The topological polar surface area (TPSA) is 17.1 Å². The molecule has 0 heterocycles. The zero-order chi connectivity index (χ0) is 15.7. The molecule has 2 aromatic rings. The van der Waals surface area contributed by atoms with E-state index in [0.29, 0.717) is 0 Å². The van der Waals surface area contributed by atoms with Gasteiger partial charge in [0.05, 0.1) is 10.8 Å². The van der Waals surface area contributed by atoms with Gasteiger partial charge < -0.3 is 0 Å². The standard InChI is InChI=1S/C20H24OS/c1-20(2,3)22(21)19-14-17-9-8-15-4-6-16(7-5-15)10-12-18(19)13-11-17/h4-7,11,13-14H,8-10,12H2,1-3H3/t22-/m1/s1. The van der Waals surface area contributed by atoms with Crippen LogP contribution in [0.5, 0.6) is 0 Å². The quantitative estimate of drug-likeness (QED) is 0.759. The fourth-order valence-electron chi connectivity index (χ4n) is 2.90. The summed E-state index contributed by atoms with van der Waals surface area (Å²) < 4.78 is 12.7. The van der Waals surface area contributed by atoms with E-state index in [2.05, 4.69) is 63.2 Å². The number of hydrogen-bond donors (Lipinski definition) is 0. The van der Waals surface area contributed by atoms with Crippen LogP contribution in [-0.4, -0.2) is 8.96 Å². The summed E-state index contributed by atoms with van der Waals surface area (Å²) in [6.07, 6.45) is 4.01. The second-order valence-electron chi connectivity index (χ2n) is 7.14. The van der Waals surface area contributed by atoms with E-state index in [1.807, 2.05) is 0 Å². The minimum absolute atomic E-state index is 0.217. The van der Waals surface area contributed by atoms with E-state index in [0.717, 1.165) is 30.6 Å². The van der Waals surface area contributed by atoms with Crippen molar-refractivity contribution in [3.05, 3.63) is 64.7 Å². The number of benzene rings is 2. The molecule has 22 heavy (non-hydrogen) atoms. The summed E-state index contributed by atoms with van der Waals surface area (Å²) >= 11 is 0. The highest BCUT2D eigenvalue weighted by Gasteiger charge is 2.24. The van der Waals surface area contributed by atoms with Crippen molar-refractivity contribution in [3.8, 4) is 0 Å². The molecule has 1 nitrogen and oxygen atoms in total. The Hall–Kier alpha value is -1.41. The number of hydrogen-bond acceptors (Lipinski definition) is 1. The summed E-state index contributed by atoms with van der Waals surface area (Å²) in [5.41, 5.74) is 5.27. The largest absolute Gasteiger partial charge is 0.254 e. The first-order valence-electron chi connectivity index (χ1n) is 8.05. The average molecular weight is 312 g/mol. The van der Waals surface area contributed by atoms with Gasteiger partial charge >= 0.3 is 0 Å². The molecule has 4 bridgehead atoms. The van der Waals surface area contributed by atoms with E-state index in [1.165, 1.54) is 22.3 Å². The van der Waals surface area contributed by atoms with E-state index in [4.69, 9.17) is 0 Å². The SMILES string of the molecule is CC(C)(C)[S@](=O)c1cc2ccc1CCc1ccc(cc1)CC2. The Morgan fingerprint density at radius 3 is 1.86 bits per heavy atom. The molecule has 0 radical (unpaired) electrons. The maximum absolute atomic E-state index is 12.9. The molecule has 0 saturated heterocycles. The van der Waals surface area contributed by atoms with E-state index < -0.39 is 10.8 Å². The highest BCUT2D eigenvalue weighted by molar-refractivity contribution is 7.86. The molecule has 0 amide bonds. The van der Waals surface area contributed by atoms with Crippen molar-refractivity contribution in [2.24, 2.45) is 0 Å². The monoisotopic (exact) mass is 312 g/mol. The third-order valence-electron chi connectivity index (χ3n) is 4.30. The first kappa shape index (κ1) is 15.5. The lowest BCUT2D eigenvalue weighted by atomic mass is 9.97. The van der Waals surface area contributed by atoms with E-state index in [1.54, 1.807) is 0 Å². The molecule has 6 rings (SSSR count). The Balaban J connectivity index is 2.02. The summed E-state index contributed by atoms with van der Waals surface area (Å²) in [7, 11) is -0.968. The summed E-state index contributed by atoms with van der Waals surface area (Å²) in [4.78, 5) is 1.04. The van der Waals surface area contributed by atoms with Crippen molar-refractivity contribution in [2.75, 3.05) is 0 Å². The Morgan fingerprint density at radius 2 is 1.27 bits per heavy atom. The molecule has 0 aromatic heterocycles. The minimum Gasteiger partial charge on any atom is -0.254 e. The number of aryl methyl sites for hydroxylation is 4. The second-order valence-corrected chi connectivity index (χ2v) is 9.34. The molecule has 116 valence electrons. The zero-order valence-electron chi connectivity index (χ0n) is 13.7. The summed E-state index contributed by atoms with van der Waals surface area (Å²) in [5, 5.41) is 0. The van der Waals surface area contributed by atoms with Crippen molar-refractivity contribution in [2.45, 2.75) is 56.1 Å². The molecular formula is C20H24OS. The third kappa shape index (κ3) is 3.33. The Bertz CT molecular complexity index is 693. The van der Waals surface area contributed by atoms with Crippen molar-refractivity contribution >= 4 is 10.8 Å². The molecular weight excluding hydrogens is 288 g/mol. The molecule has 4 aliphatic carbocycles. The van der Waals surface area contributed by atoms with Gasteiger partial charge in [0, 0.05) is 9.64 Å². The van der Waals surface area contributed by atoms with Crippen LogP contribution in [0.4, 0.5) is 0 Å². The van der Waals surface area contributed by atoms with Crippen LogP contribution in [-0.2, 0) is 36.5 Å². The lowest BCUT2D eigenvalue weighted by molar-refractivity contribution is 0.647. The van der Waals surface area contributed by atoms with Crippen LogP contribution in [0.3, 0.4) is 0 Å². The lowest BCUT2D eigenvalue weighted by Gasteiger charge is -2.21. The van der Waals surface area contributed by atoms with Crippen molar-refractivity contribution in [1.29, 1.82) is 0 Å². The smallest absolute Gasteiger partial charge is 0.0586 e. The van der Waals surface area contributed by atoms with E-state index in [9.17, 15) is 4.21 Å².